The van der Waals surface area contributed by atoms with E-state index in [1.807, 2.05) is 0 Å². The summed E-state index contributed by atoms with van der Waals surface area (Å²) in [6, 6.07) is 0. The van der Waals surface area contributed by atoms with Crippen molar-refractivity contribution in [3.63, 3.8) is 0 Å². The van der Waals surface area contributed by atoms with Gasteiger partial charge in [0.05, 0.1) is 19.8 Å². The van der Waals surface area contributed by atoms with Gasteiger partial charge >= 0.3 is 5.97 Å². The summed E-state index contributed by atoms with van der Waals surface area (Å²) in [7, 11) is 0. The van der Waals surface area contributed by atoms with Crippen molar-refractivity contribution < 1.29 is 19.4 Å². The van der Waals surface area contributed by atoms with Crippen LogP contribution >= 0.6 is 0 Å². The van der Waals surface area contributed by atoms with E-state index in [2.05, 4.69) is 6.92 Å². The minimum atomic E-state index is -0.149. The molecule has 0 saturated carbocycles. The SMILES string of the molecule is CCCCCCCC(=O)OCCOCCO. The summed E-state index contributed by atoms with van der Waals surface area (Å²) in [5, 5.41) is 8.43. The maximum Gasteiger partial charge on any atom is 0.305 e. The Morgan fingerprint density at radius 3 is 2.50 bits per heavy atom. The van der Waals surface area contributed by atoms with Gasteiger partial charge in [-0.1, -0.05) is 32.6 Å². The third kappa shape index (κ3) is 11.5. The molecule has 0 heterocycles. The van der Waals surface area contributed by atoms with Gasteiger partial charge in [-0.05, 0) is 6.42 Å². The van der Waals surface area contributed by atoms with Gasteiger partial charge in [0.25, 0.3) is 0 Å². The second kappa shape index (κ2) is 12.5. The van der Waals surface area contributed by atoms with Crippen LogP contribution in [0.15, 0.2) is 0 Å². The van der Waals surface area contributed by atoms with Gasteiger partial charge in [-0.15, -0.1) is 0 Å². The highest BCUT2D eigenvalue weighted by Gasteiger charge is 2.01. The van der Waals surface area contributed by atoms with E-state index in [1.165, 1.54) is 19.3 Å². The fraction of sp³-hybridized carbons (Fsp3) is 0.917. The Kier molecular flexibility index (Phi) is 12.0. The van der Waals surface area contributed by atoms with Crippen molar-refractivity contribution in [3.05, 3.63) is 0 Å². The van der Waals surface area contributed by atoms with E-state index >= 15 is 0 Å². The molecule has 16 heavy (non-hydrogen) atoms. The number of hydrogen-bond donors (Lipinski definition) is 1. The molecule has 0 unspecified atom stereocenters. The molecule has 0 saturated heterocycles. The van der Waals surface area contributed by atoms with Crippen LogP contribution in [0.4, 0.5) is 0 Å². The first-order valence-corrected chi connectivity index (χ1v) is 6.15. The zero-order chi connectivity index (χ0) is 12.1. The predicted molar refractivity (Wildman–Crippen MR) is 62.2 cm³/mol. The summed E-state index contributed by atoms with van der Waals surface area (Å²) in [6.45, 7) is 3.12. The molecule has 0 aliphatic rings. The molecule has 0 spiro atoms. The van der Waals surface area contributed by atoms with Crippen molar-refractivity contribution >= 4 is 5.97 Å². The van der Waals surface area contributed by atoms with Crippen molar-refractivity contribution in [2.24, 2.45) is 0 Å². The summed E-state index contributed by atoms with van der Waals surface area (Å²) >= 11 is 0. The zero-order valence-corrected chi connectivity index (χ0v) is 10.2. The molecule has 0 radical (unpaired) electrons. The normalized spacial score (nSPS) is 10.4. The van der Waals surface area contributed by atoms with Crippen LogP contribution in [0, 0.1) is 0 Å². The lowest BCUT2D eigenvalue weighted by Crippen LogP contribution is -2.11. The number of hydrogen-bond acceptors (Lipinski definition) is 4. The summed E-state index contributed by atoms with van der Waals surface area (Å²) in [6.07, 6.45) is 6.17. The molecule has 0 bridgehead atoms. The predicted octanol–water partition coefficient (Wildman–Crippen LogP) is 1.90. The molecule has 0 rings (SSSR count). The highest BCUT2D eigenvalue weighted by Crippen LogP contribution is 2.05. The molecule has 0 fully saturated rings. The lowest BCUT2D eigenvalue weighted by molar-refractivity contribution is -0.145. The lowest BCUT2D eigenvalue weighted by atomic mass is 10.1. The first-order valence-electron chi connectivity index (χ1n) is 6.15. The lowest BCUT2D eigenvalue weighted by Gasteiger charge is -2.05. The van der Waals surface area contributed by atoms with E-state index < -0.39 is 0 Å². The molecule has 0 aliphatic carbocycles. The van der Waals surface area contributed by atoms with E-state index in [-0.39, 0.29) is 19.2 Å². The second-order valence-electron chi connectivity index (χ2n) is 3.72. The van der Waals surface area contributed by atoms with Crippen LogP contribution in [0.3, 0.4) is 0 Å². The van der Waals surface area contributed by atoms with Crippen LogP contribution in [0.2, 0.25) is 0 Å². The van der Waals surface area contributed by atoms with Crippen LogP contribution in [0.5, 0.6) is 0 Å². The number of aliphatic hydroxyl groups excluding tert-OH is 1. The van der Waals surface area contributed by atoms with Gasteiger partial charge in [0, 0.05) is 6.42 Å². The summed E-state index contributed by atoms with van der Waals surface area (Å²) in [5.74, 6) is -0.149. The van der Waals surface area contributed by atoms with Crippen LogP contribution in [-0.2, 0) is 14.3 Å². The number of carbonyl (C=O) groups excluding carboxylic acids is 1. The van der Waals surface area contributed by atoms with Gasteiger partial charge in [0.15, 0.2) is 0 Å². The van der Waals surface area contributed by atoms with Gasteiger partial charge < -0.3 is 14.6 Å². The summed E-state index contributed by atoms with van der Waals surface area (Å²) < 4.78 is 9.91. The standard InChI is InChI=1S/C12H24O4/c1-2-3-4-5-6-7-12(14)16-11-10-15-9-8-13/h13H,2-11H2,1H3. The number of unbranched alkanes of at least 4 members (excludes halogenated alkanes) is 4. The molecule has 4 nitrogen and oxygen atoms in total. The van der Waals surface area contributed by atoms with Gasteiger partial charge in [-0.25, -0.2) is 0 Å². The van der Waals surface area contributed by atoms with Crippen molar-refractivity contribution in [2.75, 3.05) is 26.4 Å². The van der Waals surface area contributed by atoms with Crippen LogP contribution in [0.1, 0.15) is 45.4 Å². The quantitative estimate of drug-likeness (QED) is 0.436. The Labute approximate surface area is 97.9 Å². The maximum absolute atomic E-state index is 11.2. The number of carbonyl (C=O) groups is 1. The Hall–Kier alpha value is -0.610. The number of ether oxygens (including phenoxy) is 2. The monoisotopic (exact) mass is 232 g/mol. The highest BCUT2D eigenvalue weighted by atomic mass is 16.6. The van der Waals surface area contributed by atoms with Crippen LogP contribution in [0.25, 0.3) is 0 Å². The van der Waals surface area contributed by atoms with E-state index in [9.17, 15) is 4.79 Å². The van der Waals surface area contributed by atoms with Crippen molar-refractivity contribution in [3.8, 4) is 0 Å². The van der Waals surface area contributed by atoms with Crippen molar-refractivity contribution in [1.29, 1.82) is 0 Å². The number of aliphatic hydroxyl groups is 1. The molecular formula is C12H24O4. The maximum atomic E-state index is 11.2. The first kappa shape index (κ1) is 15.4. The van der Waals surface area contributed by atoms with E-state index in [1.54, 1.807) is 0 Å². The highest BCUT2D eigenvalue weighted by molar-refractivity contribution is 5.69. The number of rotatable bonds is 11. The molecule has 96 valence electrons. The Balaban J connectivity index is 3.12. The third-order valence-corrected chi connectivity index (χ3v) is 2.21. The topological polar surface area (TPSA) is 55.8 Å². The fourth-order valence-electron chi connectivity index (χ4n) is 1.33. The molecule has 0 aliphatic heterocycles. The van der Waals surface area contributed by atoms with Crippen molar-refractivity contribution in [2.45, 2.75) is 45.4 Å². The smallest absolute Gasteiger partial charge is 0.305 e. The van der Waals surface area contributed by atoms with Gasteiger partial charge in [-0.3, -0.25) is 4.79 Å². The summed E-state index contributed by atoms with van der Waals surface area (Å²) in [4.78, 5) is 11.2. The number of esters is 1. The van der Waals surface area contributed by atoms with E-state index in [0.717, 1.165) is 12.8 Å². The first-order chi connectivity index (χ1) is 7.81. The molecule has 0 aromatic carbocycles. The zero-order valence-electron chi connectivity index (χ0n) is 10.2. The Morgan fingerprint density at radius 1 is 1.06 bits per heavy atom. The van der Waals surface area contributed by atoms with Gasteiger partial charge in [0.1, 0.15) is 6.61 Å². The molecule has 1 N–H and O–H groups in total. The van der Waals surface area contributed by atoms with Crippen molar-refractivity contribution in [1.82, 2.24) is 0 Å². The molecule has 0 aromatic heterocycles. The molecular weight excluding hydrogens is 208 g/mol. The molecule has 4 heteroatoms. The van der Waals surface area contributed by atoms with Crippen LogP contribution < -0.4 is 0 Å². The minimum absolute atomic E-state index is 0.00533. The summed E-state index contributed by atoms with van der Waals surface area (Å²) in [5.41, 5.74) is 0. The average molecular weight is 232 g/mol. The molecule has 0 amide bonds. The largest absolute Gasteiger partial charge is 0.463 e. The van der Waals surface area contributed by atoms with E-state index in [4.69, 9.17) is 14.6 Å². The van der Waals surface area contributed by atoms with Crippen LogP contribution in [-0.4, -0.2) is 37.5 Å². The Bertz CT molecular complexity index is 143. The minimum Gasteiger partial charge on any atom is -0.463 e. The Morgan fingerprint density at radius 2 is 1.81 bits per heavy atom. The van der Waals surface area contributed by atoms with Gasteiger partial charge in [0.2, 0.25) is 0 Å². The average Bonchev–Trinajstić information content (AvgIpc) is 2.28. The van der Waals surface area contributed by atoms with Gasteiger partial charge in [-0.2, -0.15) is 0 Å². The van der Waals surface area contributed by atoms with E-state index in [0.29, 0.717) is 19.6 Å². The molecule has 0 aromatic rings. The molecule has 0 atom stereocenters. The second-order valence-corrected chi connectivity index (χ2v) is 3.72. The third-order valence-electron chi connectivity index (χ3n) is 2.21. The fourth-order valence-corrected chi connectivity index (χ4v) is 1.33.